The molecule has 1 N–H and O–H groups in total. The Hall–Kier alpha value is -3.86. The summed E-state index contributed by atoms with van der Waals surface area (Å²) < 4.78 is 15.2. The number of carbonyl (C=O) groups is 2. The number of aliphatic hydroxyl groups excluding tert-OH is 1. The maximum Gasteiger partial charge on any atom is 0.261 e. The topological polar surface area (TPSA) is 89.0 Å². The highest BCUT2D eigenvalue weighted by molar-refractivity contribution is 8.01. The standard InChI is InChI=1S/C34H28N2O5S2/c37-19-22-11-13-23(14-12-22)29-17-25(20-42-34-35-28-7-3-4-8-30(28)43-34)40-33(41-29)24-15-9-21(10-16-24)18-36-31(38)26-5-1-2-6-27(26)32(36)39/h1-16,25,29,33,37H,17-20H2. The molecular weight excluding hydrogens is 581 g/mol. The first-order chi connectivity index (χ1) is 21.1. The summed E-state index contributed by atoms with van der Waals surface area (Å²) in [6.07, 6.45) is -0.183. The van der Waals surface area contributed by atoms with Crippen molar-refractivity contribution in [2.75, 3.05) is 5.75 Å². The van der Waals surface area contributed by atoms with Gasteiger partial charge in [0.05, 0.1) is 46.7 Å². The van der Waals surface area contributed by atoms with Crippen molar-refractivity contribution in [1.82, 2.24) is 9.88 Å². The van der Waals surface area contributed by atoms with Crippen LogP contribution in [0.15, 0.2) is 101 Å². The Balaban J connectivity index is 1.08. The first-order valence-electron chi connectivity index (χ1n) is 14.1. The fraction of sp³-hybridized carbons (Fsp3) is 0.206. The molecule has 3 atom stereocenters. The molecule has 3 unspecified atom stereocenters. The van der Waals surface area contributed by atoms with Crippen molar-refractivity contribution < 1.29 is 24.2 Å². The lowest BCUT2D eigenvalue weighted by atomic mass is 10.0. The van der Waals surface area contributed by atoms with Crippen molar-refractivity contribution in [3.8, 4) is 0 Å². The number of para-hydroxylation sites is 1. The summed E-state index contributed by atoms with van der Waals surface area (Å²) in [4.78, 5) is 31.7. The third-order valence-corrected chi connectivity index (χ3v) is 10.1. The molecule has 4 aromatic carbocycles. The molecule has 5 aromatic rings. The lowest BCUT2D eigenvalue weighted by Gasteiger charge is -2.36. The van der Waals surface area contributed by atoms with Crippen LogP contribution in [0.25, 0.3) is 10.2 Å². The van der Waals surface area contributed by atoms with Crippen molar-refractivity contribution >= 4 is 45.1 Å². The van der Waals surface area contributed by atoms with E-state index in [4.69, 9.17) is 14.5 Å². The summed E-state index contributed by atoms with van der Waals surface area (Å²) in [6.45, 7) is 0.187. The molecular formula is C34H28N2O5S2. The van der Waals surface area contributed by atoms with Gasteiger partial charge in [-0.2, -0.15) is 0 Å². The first-order valence-corrected chi connectivity index (χ1v) is 15.9. The molecule has 9 heteroatoms. The van der Waals surface area contributed by atoms with Crippen LogP contribution in [-0.2, 0) is 22.6 Å². The lowest BCUT2D eigenvalue weighted by Crippen LogP contribution is -2.31. The average molecular weight is 609 g/mol. The van der Waals surface area contributed by atoms with Gasteiger partial charge in [0.15, 0.2) is 10.6 Å². The van der Waals surface area contributed by atoms with Crippen LogP contribution in [0.2, 0.25) is 0 Å². The number of hydrogen-bond acceptors (Lipinski definition) is 8. The van der Waals surface area contributed by atoms with Gasteiger partial charge < -0.3 is 14.6 Å². The van der Waals surface area contributed by atoms with Crippen molar-refractivity contribution in [3.05, 3.63) is 130 Å². The van der Waals surface area contributed by atoms with E-state index in [1.165, 1.54) is 9.60 Å². The fourth-order valence-corrected chi connectivity index (χ4v) is 7.56. The molecule has 0 saturated carbocycles. The minimum absolute atomic E-state index is 0.00790. The van der Waals surface area contributed by atoms with E-state index in [0.29, 0.717) is 17.5 Å². The number of thiazole rings is 1. The number of hydrogen-bond donors (Lipinski definition) is 1. The number of rotatable bonds is 8. The molecule has 2 amide bonds. The third kappa shape index (κ3) is 5.74. The average Bonchev–Trinajstić information content (AvgIpc) is 3.58. The molecule has 1 saturated heterocycles. The van der Waals surface area contributed by atoms with Gasteiger partial charge in [0, 0.05) is 17.7 Å². The lowest BCUT2D eigenvalue weighted by molar-refractivity contribution is -0.245. The molecule has 43 heavy (non-hydrogen) atoms. The van der Waals surface area contributed by atoms with E-state index >= 15 is 0 Å². The predicted octanol–water partition coefficient (Wildman–Crippen LogP) is 6.92. The summed E-state index contributed by atoms with van der Waals surface area (Å²) in [5, 5.41) is 9.49. The number of fused-ring (bicyclic) bond motifs is 2. The van der Waals surface area contributed by atoms with Crippen LogP contribution < -0.4 is 0 Å². The second kappa shape index (κ2) is 12.0. The number of benzene rings is 4. The van der Waals surface area contributed by atoms with Gasteiger partial charge in [-0.1, -0.05) is 84.6 Å². The molecule has 1 aromatic heterocycles. The second-order valence-electron chi connectivity index (χ2n) is 10.6. The maximum absolute atomic E-state index is 12.8. The number of ether oxygens (including phenoxy) is 2. The van der Waals surface area contributed by atoms with Crippen molar-refractivity contribution in [2.24, 2.45) is 0 Å². The molecule has 2 aliphatic rings. The van der Waals surface area contributed by atoms with Crippen LogP contribution in [0.5, 0.6) is 0 Å². The summed E-state index contributed by atoms with van der Waals surface area (Å²) in [5.41, 5.74) is 5.48. The summed E-state index contributed by atoms with van der Waals surface area (Å²) in [6, 6.07) is 30.6. The highest BCUT2D eigenvalue weighted by Crippen LogP contribution is 2.40. The van der Waals surface area contributed by atoms with Gasteiger partial charge in [-0.05, 0) is 41.0 Å². The Morgan fingerprint density at radius 1 is 0.814 bits per heavy atom. The largest absolute Gasteiger partial charge is 0.392 e. The molecule has 2 aliphatic heterocycles. The highest BCUT2D eigenvalue weighted by atomic mass is 32.2. The zero-order valence-corrected chi connectivity index (χ0v) is 24.7. The number of amides is 2. The van der Waals surface area contributed by atoms with Gasteiger partial charge in [-0.25, -0.2) is 4.98 Å². The maximum atomic E-state index is 12.8. The van der Waals surface area contributed by atoms with E-state index in [2.05, 4.69) is 6.07 Å². The Kier molecular flexibility index (Phi) is 7.81. The van der Waals surface area contributed by atoms with Crippen LogP contribution in [0, 0.1) is 0 Å². The van der Waals surface area contributed by atoms with Crippen molar-refractivity contribution in [1.29, 1.82) is 0 Å². The smallest absolute Gasteiger partial charge is 0.261 e. The van der Waals surface area contributed by atoms with E-state index in [1.54, 1.807) is 47.4 Å². The van der Waals surface area contributed by atoms with E-state index in [0.717, 1.165) is 37.9 Å². The van der Waals surface area contributed by atoms with Crippen molar-refractivity contribution in [3.63, 3.8) is 0 Å². The fourth-order valence-electron chi connectivity index (χ4n) is 5.45. The zero-order chi connectivity index (χ0) is 29.3. The summed E-state index contributed by atoms with van der Waals surface area (Å²) in [7, 11) is 0. The van der Waals surface area contributed by atoms with Crippen LogP contribution in [0.3, 0.4) is 0 Å². The minimum atomic E-state index is -0.592. The van der Waals surface area contributed by atoms with Gasteiger partial charge in [-0.3, -0.25) is 14.5 Å². The van der Waals surface area contributed by atoms with Gasteiger partial charge in [-0.15, -0.1) is 11.3 Å². The minimum Gasteiger partial charge on any atom is -0.392 e. The third-order valence-electron chi connectivity index (χ3n) is 7.75. The molecule has 0 aliphatic carbocycles. The molecule has 7 nitrogen and oxygen atoms in total. The number of aliphatic hydroxyl groups is 1. The van der Waals surface area contributed by atoms with Crippen LogP contribution >= 0.6 is 23.1 Å². The molecule has 0 spiro atoms. The van der Waals surface area contributed by atoms with Crippen LogP contribution in [0.4, 0.5) is 0 Å². The molecule has 0 radical (unpaired) electrons. The van der Waals surface area contributed by atoms with Crippen LogP contribution in [0.1, 0.15) is 61.8 Å². The van der Waals surface area contributed by atoms with Gasteiger partial charge >= 0.3 is 0 Å². The number of nitrogens with zero attached hydrogens (tertiary/aromatic N) is 2. The second-order valence-corrected chi connectivity index (χ2v) is 12.9. The summed E-state index contributed by atoms with van der Waals surface area (Å²) >= 11 is 3.38. The Morgan fingerprint density at radius 2 is 1.47 bits per heavy atom. The van der Waals surface area contributed by atoms with E-state index < -0.39 is 6.29 Å². The first kappa shape index (κ1) is 27.9. The number of carbonyl (C=O) groups excluding carboxylic acids is 2. The van der Waals surface area contributed by atoms with Gasteiger partial charge in [0.2, 0.25) is 0 Å². The van der Waals surface area contributed by atoms with E-state index in [9.17, 15) is 14.7 Å². The predicted molar refractivity (Wildman–Crippen MR) is 166 cm³/mol. The molecule has 216 valence electrons. The van der Waals surface area contributed by atoms with Gasteiger partial charge in [0.25, 0.3) is 11.8 Å². The van der Waals surface area contributed by atoms with E-state index in [-0.39, 0.29) is 37.2 Å². The quantitative estimate of drug-likeness (QED) is 0.151. The van der Waals surface area contributed by atoms with Crippen LogP contribution in [-0.4, -0.2) is 38.7 Å². The van der Waals surface area contributed by atoms with E-state index in [1.807, 2.05) is 66.7 Å². The normalized spacial score (nSPS) is 20.1. The monoisotopic (exact) mass is 608 g/mol. The number of thioether (sulfide) groups is 1. The molecule has 3 heterocycles. The number of aromatic nitrogens is 1. The van der Waals surface area contributed by atoms with Gasteiger partial charge in [0.1, 0.15) is 0 Å². The Labute approximate surface area is 257 Å². The van der Waals surface area contributed by atoms with Crippen molar-refractivity contribution in [2.45, 2.75) is 42.4 Å². The Bertz CT molecular complexity index is 1720. The zero-order valence-electron chi connectivity index (χ0n) is 23.1. The SMILES string of the molecule is O=C1c2ccccc2C(=O)N1Cc1ccc(C2OC(CSc3nc4ccccc4s3)CC(c3ccc(CO)cc3)O2)cc1. The summed E-state index contributed by atoms with van der Waals surface area (Å²) in [5.74, 6) is 0.183. The highest BCUT2D eigenvalue weighted by Gasteiger charge is 2.35. The number of imide groups is 1. The molecule has 0 bridgehead atoms. The molecule has 7 rings (SSSR count). The Morgan fingerprint density at radius 3 is 2.16 bits per heavy atom. The molecule has 1 fully saturated rings.